The van der Waals surface area contributed by atoms with Gasteiger partial charge in [-0.2, -0.15) is 9.57 Å². The third-order valence-corrected chi connectivity index (χ3v) is 7.75. The van der Waals surface area contributed by atoms with E-state index >= 15 is 0 Å². The lowest BCUT2D eigenvalue weighted by Gasteiger charge is -2.26. The Balaban J connectivity index is 1.49. The van der Waals surface area contributed by atoms with E-state index in [2.05, 4.69) is 16.0 Å². The monoisotopic (exact) mass is 499 g/mol. The maximum Gasteiger partial charge on any atom is 0.243 e. The fourth-order valence-corrected chi connectivity index (χ4v) is 5.43. The molecule has 0 spiro atoms. The van der Waals surface area contributed by atoms with Gasteiger partial charge in [0.15, 0.2) is 0 Å². The van der Waals surface area contributed by atoms with Crippen molar-refractivity contribution in [2.45, 2.75) is 23.8 Å². The van der Waals surface area contributed by atoms with E-state index < -0.39 is 10.0 Å². The molecule has 2 heterocycles. The van der Waals surface area contributed by atoms with Gasteiger partial charge in [0.2, 0.25) is 15.9 Å². The third-order valence-electron chi connectivity index (χ3n) is 5.86. The van der Waals surface area contributed by atoms with E-state index in [0.717, 1.165) is 19.4 Å². The Hall–Kier alpha value is -3.17. The van der Waals surface area contributed by atoms with Crippen LogP contribution < -0.4 is 16.0 Å². The van der Waals surface area contributed by atoms with E-state index in [1.54, 1.807) is 42.5 Å². The molecule has 2 aliphatic heterocycles. The molecule has 2 aromatic rings. The number of benzene rings is 2. The van der Waals surface area contributed by atoms with Gasteiger partial charge < -0.3 is 25.4 Å². The minimum absolute atomic E-state index is 0.0908. The van der Waals surface area contributed by atoms with Gasteiger partial charge in [-0.25, -0.2) is 8.42 Å². The quantitative estimate of drug-likeness (QED) is 0.478. The summed E-state index contributed by atoms with van der Waals surface area (Å²) in [5.74, 6) is -0.327. The number of nitriles is 1. The highest BCUT2D eigenvalue weighted by molar-refractivity contribution is 7.89. The Kier molecular flexibility index (Phi) is 8.20. The highest BCUT2D eigenvalue weighted by atomic mass is 32.2. The van der Waals surface area contributed by atoms with Crippen LogP contribution in [-0.2, 0) is 24.3 Å². The summed E-state index contributed by atoms with van der Waals surface area (Å²) in [6, 6.07) is 13.5. The summed E-state index contributed by atoms with van der Waals surface area (Å²) in [5, 5.41) is 18.2. The van der Waals surface area contributed by atoms with Crippen LogP contribution in [0.3, 0.4) is 0 Å². The molecule has 2 aliphatic rings. The average Bonchev–Trinajstić information content (AvgIpc) is 3.41. The van der Waals surface area contributed by atoms with Gasteiger partial charge in [0.05, 0.1) is 53.8 Å². The summed E-state index contributed by atoms with van der Waals surface area (Å²) >= 11 is 0. The van der Waals surface area contributed by atoms with Gasteiger partial charge in [0.1, 0.15) is 0 Å². The van der Waals surface area contributed by atoms with Crippen LogP contribution in [0.1, 0.15) is 18.4 Å². The minimum atomic E-state index is -3.70. The zero-order valence-corrected chi connectivity index (χ0v) is 20.1. The molecule has 0 bridgehead atoms. The predicted molar refractivity (Wildman–Crippen MR) is 132 cm³/mol. The topological polar surface area (TPSA) is 133 Å². The molecule has 0 aromatic heterocycles. The van der Waals surface area contributed by atoms with Gasteiger partial charge in [0.25, 0.3) is 0 Å². The average molecular weight is 500 g/mol. The molecule has 4 rings (SSSR count). The van der Waals surface area contributed by atoms with E-state index in [1.807, 2.05) is 6.07 Å². The van der Waals surface area contributed by atoms with E-state index in [-0.39, 0.29) is 23.5 Å². The van der Waals surface area contributed by atoms with Crippen LogP contribution >= 0.6 is 0 Å². The first-order valence-electron chi connectivity index (χ1n) is 11.6. The van der Waals surface area contributed by atoms with Gasteiger partial charge in [-0.15, -0.1) is 0 Å². The molecule has 11 heteroatoms. The number of nitrogens with one attached hydrogen (secondary N) is 3. The number of hydrogen-bond donors (Lipinski definition) is 3. The number of sulfonamides is 1. The number of carbonyl (C=O) groups is 1. The zero-order valence-electron chi connectivity index (χ0n) is 19.3. The molecule has 1 atom stereocenters. The maximum absolute atomic E-state index is 13.2. The van der Waals surface area contributed by atoms with Crippen molar-refractivity contribution in [3.63, 3.8) is 0 Å². The Morgan fingerprint density at radius 2 is 1.91 bits per heavy atom. The molecule has 0 radical (unpaired) electrons. The van der Waals surface area contributed by atoms with E-state index in [9.17, 15) is 13.2 Å². The first-order chi connectivity index (χ1) is 17.0. The van der Waals surface area contributed by atoms with Crippen LogP contribution in [-0.4, -0.2) is 70.7 Å². The highest BCUT2D eigenvalue weighted by Gasteiger charge is 2.27. The summed E-state index contributed by atoms with van der Waals surface area (Å²) in [5.41, 5.74) is 2.13. The molecule has 1 amide bonds. The number of carbonyl (C=O) groups excluding carboxylic acids is 1. The fourth-order valence-electron chi connectivity index (χ4n) is 4.00. The van der Waals surface area contributed by atoms with Crippen LogP contribution in [0.15, 0.2) is 47.4 Å². The van der Waals surface area contributed by atoms with E-state index in [1.165, 1.54) is 4.31 Å². The van der Waals surface area contributed by atoms with Crippen molar-refractivity contribution in [3.05, 3.63) is 48.0 Å². The van der Waals surface area contributed by atoms with Gasteiger partial charge >= 0.3 is 0 Å². The summed E-state index contributed by atoms with van der Waals surface area (Å²) < 4.78 is 38.7. The number of amides is 1. The van der Waals surface area contributed by atoms with Gasteiger partial charge in [-0.3, -0.25) is 4.79 Å². The Labute approximate surface area is 205 Å². The second kappa shape index (κ2) is 11.5. The molecule has 3 N–H and O–H groups in total. The predicted octanol–water partition coefficient (Wildman–Crippen LogP) is 2.22. The van der Waals surface area contributed by atoms with Crippen LogP contribution in [0, 0.1) is 11.3 Å². The lowest BCUT2D eigenvalue weighted by Crippen LogP contribution is -2.40. The highest BCUT2D eigenvalue weighted by Crippen LogP contribution is 2.28. The molecule has 0 aliphatic carbocycles. The lowest BCUT2D eigenvalue weighted by atomic mass is 10.2. The third kappa shape index (κ3) is 6.49. The van der Waals surface area contributed by atoms with Crippen molar-refractivity contribution >= 4 is 33.0 Å². The molecule has 10 nitrogen and oxygen atoms in total. The summed E-state index contributed by atoms with van der Waals surface area (Å²) in [7, 11) is -3.70. The number of nitrogens with zero attached hydrogens (tertiary/aromatic N) is 2. The second-order valence-corrected chi connectivity index (χ2v) is 10.3. The van der Waals surface area contributed by atoms with Crippen molar-refractivity contribution in [2.75, 3.05) is 62.0 Å². The zero-order chi connectivity index (χ0) is 24.7. The molecule has 0 saturated carbocycles. The molecule has 2 fully saturated rings. The molecule has 186 valence electrons. The number of hydrogen-bond acceptors (Lipinski definition) is 8. The normalized spacial score (nSPS) is 18.5. The van der Waals surface area contributed by atoms with Crippen LogP contribution in [0.4, 0.5) is 17.1 Å². The van der Waals surface area contributed by atoms with Crippen LogP contribution in [0.25, 0.3) is 0 Å². The van der Waals surface area contributed by atoms with Gasteiger partial charge in [-0.1, -0.05) is 6.07 Å². The standard InChI is InChI=1S/C24H29N5O5S/c25-15-18-3-1-4-19(13-18)28-24(30)17-27-23-14-21(35(31,32)29-8-11-33-12-9-29)6-7-22(23)26-16-20-5-2-10-34-20/h1,3-4,6-7,13-14,20,26-27H,2,5,8-12,16-17H2,(H,28,30). The summed E-state index contributed by atoms with van der Waals surface area (Å²) in [6.07, 6.45) is 2.07. The number of rotatable bonds is 9. The van der Waals surface area contributed by atoms with Crippen molar-refractivity contribution in [1.29, 1.82) is 5.26 Å². The van der Waals surface area contributed by atoms with E-state index in [0.29, 0.717) is 55.5 Å². The number of ether oxygens (including phenoxy) is 2. The van der Waals surface area contributed by atoms with Crippen LogP contribution in [0.5, 0.6) is 0 Å². The molecule has 2 saturated heterocycles. The maximum atomic E-state index is 13.2. The first-order valence-corrected chi connectivity index (χ1v) is 13.0. The molecule has 1 unspecified atom stereocenters. The Bertz CT molecular complexity index is 1190. The van der Waals surface area contributed by atoms with Crippen molar-refractivity contribution in [3.8, 4) is 6.07 Å². The fraction of sp³-hybridized carbons (Fsp3) is 0.417. The van der Waals surface area contributed by atoms with Gasteiger partial charge in [-0.05, 0) is 49.2 Å². The van der Waals surface area contributed by atoms with Crippen LogP contribution in [0.2, 0.25) is 0 Å². The smallest absolute Gasteiger partial charge is 0.243 e. The summed E-state index contributed by atoms with van der Waals surface area (Å²) in [6.45, 7) is 2.55. The molecule has 35 heavy (non-hydrogen) atoms. The van der Waals surface area contributed by atoms with Crippen molar-refractivity contribution in [2.24, 2.45) is 0 Å². The summed E-state index contributed by atoms with van der Waals surface area (Å²) in [4.78, 5) is 12.7. The largest absolute Gasteiger partial charge is 0.381 e. The lowest BCUT2D eigenvalue weighted by molar-refractivity contribution is -0.114. The Morgan fingerprint density at radius 1 is 1.09 bits per heavy atom. The first kappa shape index (κ1) is 24.9. The number of anilines is 3. The molecular formula is C24H29N5O5S. The van der Waals surface area contributed by atoms with Gasteiger partial charge in [0, 0.05) is 31.9 Å². The SMILES string of the molecule is N#Cc1cccc(NC(=O)CNc2cc(S(=O)(=O)N3CCOCC3)ccc2NCC2CCCO2)c1. The number of morpholine rings is 1. The van der Waals surface area contributed by atoms with Crippen molar-refractivity contribution in [1.82, 2.24) is 4.31 Å². The minimum Gasteiger partial charge on any atom is -0.381 e. The van der Waals surface area contributed by atoms with E-state index in [4.69, 9.17) is 14.7 Å². The Morgan fingerprint density at radius 3 is 2.66 bits per heavy atom. The van der Waals surface area contributed by atoms with Crippen molar-refractivity contribution < 1.29 is 22.7 Å². The molecular weight excluding hydrogens is 470 g/mol. The second-order valence-electron chi connectivity index (χ2n) is 8.33. The molecule has 2 aromatic carbocycles.